The van der Waals surface area contributed by atoms with Crippen LogP contribution < -0.4 is 17.0 Å². The van der Waals surface area contributed by atoms with E-state index in [9.17, 15) is 0 Å². The molecule has 0 aliphatic rings. The van der Waals surface area contributed by atoms with Crippen LogP contribution in [0.4, 0.5) is 0 Å². The minimum atomic E-state index is 0. The van der Waals surface area contributed by atoms with Crippen molar-refractivity contribution >= 4 is 23.1 Å². The van der Waals surface area contributed by atoms with Crippen LogP contribution in [0, 0.1) is 19.9 Å². The topological polar surface area (TPSA) is 4.93 Å². The van der Waals surface area contributed by atoms with Gasteiger partial charge in [0.15, 0.2) is 0 Å². The molecule has 0 aliphatic heterocycles. The van der Waals surface area contributed by atoms with Crippen molar-refractivity contribution in [3.05, 3.63) is 53.9 Å². The largest absolute Gasteiger partial charge is 2.00 e. The fraction of sp³-hybridized carbons (Fsp3) is 0.167. The van der Waals surface area contributed by atoms with Crippen LogP contribution in [0.2, 0.25) is 0 Å². The molecule has 0 spiro atoms. The van der Waals surface area contributed by atoms with Gasteiger partial charge in [0.1, 0.15) is 0 Å². The Morgan fingerprint density at radius 2 is 1.67 bits per heavy atom. The molecule has 0 saturated carbocycles. The van der Waals surface area contributed by atoms with Crippen LogP contribution in [0.1, 0.15) is 11.4 Å². The zero-order chi connectivity index (χ0) is 9.26. The van der Waals surface area contributed by atoms with Gasteiger partial charge in [-0.2, -0.15) is 24.3 Å². The Hall–Kier alpha value is -0.254. The number of hydrogen-bond acceptors (Lipinski definition) is 0. The molecule has 1 aromatic carbocycles. The molecule has 0 N–H and O–H groups in total. The molecule has 1 nitrogen and oxygen atoms in total. The van der Waals surface area contributed by atoms with E-state index >= 15 is 0 Å². The molecule has 1 heterocycles. The van der Waals surface area contributed by atoms with Gasteiger partial charge in [0, 0.05) is 11.4 Å². The van der Waals surface area contributed by atoms with Gasteiger partial charge in [-0.25, -0.2) is 0 Å². The molecular weight excluding hydrogens is 262 g/mol. The van der Waals surface area contributed by atoms with Crippen molar-refractivity contribution in [2.24, 2.45) is 0 Å². The van der Waals surface area contributed by atoms with Crippen molar-refractivity contribution in [2.45, 2.75) is 13.8 Å². The zero-order valence-electron chi connectivity index (χ0n) is 9.00. The fourth-order valence-electron chi connectivity index (χ4n) is 1.60. The summed E-state index contributed by atoms with van der Waals surface area (Å²) < 4.78 is 2.22. The molecule has 0 amide bonds. The van der Waals surface area contributed by atoms with E-state index in [2.05, 4.69) is 42.7 Å². The van der Waals surface area contributed by atoms with Crippen molar-refractivity contribution < 1.29 is 17.0 Å². The van der Waals surface area contributed by atoms with Crippen LogP contribution >= 0.6 is 0 Å². The van der Waals surface area contributed by atoms with Crippen molar-refractivity contribution in [3.63, 3.8) is 0 Å². The van der Waals surface area contributed by atoms with Crippen LogP contribution in [0.3, 0.4) is 0 Å². The first-order valence-electron chi connectivity index (χ1n) is 4.40. The summed E-state index contributed by atoms with van der Waals surface area (Å²) >= 11 is 0. The van der Waals surface area contributed by atoms with E-state index in [-0.39, 0.29) is 40.0 Å². The fourth-order valence-corrected chi connectivity index (χ4v) is 1.60. The van der Waals surface area contributed by atoms with Gasteiger partial charge in [0.05, 0.1) is 0 Å². The first-order chi connectivity index (χ1) is 6.29. The molecule has 0 aliphatic carbocycles. The number of rotatable bonds is 1. The van der Waals surface area contributed by atoms with E-state index in [1.54, 1.807) is 0 Å². The second kappa shape index (κ2) is 6.36. The van der Waals surface area contributed by atoms with Crippen LogP contribution in [-0.2, 0) is 0 Å². The third-order valence-corrected chi connectivity index (χ3v) is 2.22. The van der Waals surface area contributed by atoms with E-state index in [4.69, 9.17) is 0 Å². The molecule has 0 unspecified atom stereocenters. The van der Waals surface area contributed by atoms with Gasteiger partial charge in [-0.1, -0.05) is 5.69 Å². The Bertz CT molecular complexity index is 389. The van der Waals surface area contributed by atoms with Gasteiger partial charge in [0.2, 0.25) is 0 Å². The summed E-state index contributed by atoms with van der Waals surface area (Å²) in [4.78, 5) is 0. The quantitative estimate of drug-likeness (QED) is 0.489. The smallest absolute Gasteiger partial charge is 1.00 e. The summed E-state index contributed by atoms with van der Waals surface area (Å²) in [5.41, 5.74) is 3.71. The molecule has 0 saturated heterocycles. The molecule has 74 valence electrons. The van der Waals surface area contributed by atoms with Gasteiger partial charge in [-0.3, -0.25) is 0 Å². The SMILES string of the molecule is Cc1ccc(C)n1-c1c[c-]ccc1.[Br-].[Mg+2]. The molecule has 2 rings (SSSR count). The van der Waals surface area contributed by atoms with Crippen LogP contribution in [-0.4, -0.2) is 27.6 Å². The second-order valence-electron chi connectivity index (χ2n) is 3.21. The molecule has 0 atom stereocenters. The van der Waals surface area contributed by atoms with Crippen molar-refractivity contribution in [1.29, 1.82) is 0 Å². The molecule has 0 radical (unpaired) electrons. The van der Waals surface area contributed by atoms with Gasteiger partial charge in [-0.15, -0.1) is 6.07 Å². The molecule has 0 bridgehead atoms. The van der Waals surface area contributed by atoms with E-state index < -0.39 is 0 Å². The first-order valence-corrected chi connectivity index (χ1v) is 4.40. The second-order valence-corrected chi connectivity index (χ2v) is 3.21. The molecule has 1 aromatic heterocycles. The van der Waals surface area contributed by atoms with Crippen LogP contribution in [0.15, 0.2) is 36.4 Å². The standard InChI is InChI=1S/C12H12N.BrH.Mg/c1-10-8-9-11(2)13(10)12-6-4-3-5-7-12;;/h3-4,6-9H,1-2H3;1H;/q-1;;+2/p-1. The normalized spacial score (nSPS) is 8.93. The maximum Gasteiger partial charge on any atom is 2.00 e. The molecule has 15 heavy (non-hydrogen) atoms. The first kappa shape index (κ1) is 14.7. The van der Waals surface area contributed by atoms with Crippen molar-refractivity contribution in [1.82, 2.24) is 4.57 Å². The van der Waals surface area contributed by atoms with Gasteiger partial charge < -0.3 is 21.5 Å². The predicted molar refractivity (Wildman–Crippen MR) is 59.8 cm³/mol. The van der Waals surface area contributed by atoms with Crippen molar-refractivity contribution in [3.8, 4) is 5.69 Å². The van der Waals surface area contributed by atoms with E-state index in [1.807, 2.05) is 18.2 Å². The number of benzene rings is 1. The van der Waals surface area contributed by atoms with Gasteiger partial charge >= 0.3 is 23.1 Å². The monoisotopic (exact) mass is 273 g/mol. The van der Waals surface area contributed by atoms with Crippen LogP contribution in [0.25, 0.3) is 5.69 Å². The Morgan fingerprint density at radius 3 is 2.13 bits per heavy atom. The minimum absolute atomic E-state index is 0. The summed E-state index contributed by atoms with van der Waals surface area (Å²) in [5.74, 6) is 0. The Morgan fingerprint density at radius 1 is 1.07 bits per heavy atom. The van der Waals surface area contributed by atoms with Gasteiger partial charge in [-0.05, 0) is 26.0 Å². The number of aryl methyl sites for hydroxylation is 2. The number of nitrogens with zero attached hydrogens (tertiary/aromatic N) is 1. The predicted octanol–water partition coefficient (Wildman–Crippen LogP) is -0.482. The Balaban J connectivity index is 0.000000980. The third-order valence-electron chi connectivity index (χ3n) is 2.22. The number of aromatic nitrogens is 1. The number of hydrogen-bond donors (Lipinski definition) is 0. The number of halogens is 1. The van der Waals surface area contributed by atoms with Crippen molar-refractivity contribution in [2.75, 3.05) is 0 Å². The molecule has 2 aromatic rings. The zero-order valence-corrected chi connectivity index (χ0v) is 12.0. The average molecular weight is 274 g/mol. The summed E-state index contributed by atoms with van der Waals surface area (Å²) in [7, 11) is 0. The third kappa shape index (κ3) is 3.10. The van der Waals surface area contributed by atoms with Crippen LogP contribution in [0.5, 0.6) is 0 Å². The van der Waals surface area contributed by atoms with E-state index in [0.717, 1.165) is 0 Å². The Kier molecular flexibility index (Phi) is 6.25. The van der Waals surface area contributed by atoms with E-state index in [1.165, 1.54) is 17.1 Å². The Labute approximate surface area is 117 Å². The summed E-state index contributed by atoms with van der Waals surface area (Å²) in [5, 5.41) is 0. The van der Waals surface area contributed by atoms with E-state index in [0.29, 0.717) is 0 Å². The molecular formula is C12H12BrMgN. The molecule has 0 fully saturated rings. The summed E-state index contributed by atoms with van der Waals surface area (Å²) in [6, 6.07) is 15.4. The average Bonchev–Trinajstić information content (AvgIpc) is 2.48. The molecule has 3 heteroatoms. The maximum absolute atomic E-state index is 3.08. The maximum atomic E-state index is 3.08. The minimum Gasteiger partial charge on any atom is -1.00 e. The summed E-state index contributed by atoms with van der Waals surface area (Å²) in [6.07, 6.45) is 0. The summed E-state index contributed by atoms with van der Waals surface area (Å²) in [6.45, 7) is 4.22. The van der Waals surface area contributed by atoms with Gasteiger partial charge in [0.25, 0.3) is 0 Å².